The minimum absolute atomic E-state index is 0.114. The number of nitrogens with one attached hydrogen (secondary N) is 1. The van der Waals surface area contributed by atoms with Gasteiger partial charge in [0.05, 0.1) is 15.6 Å². The van der Waals surface area contributed by atoms with Crippen LogP contribution in [0.4, 0.5) is 17.1 Å². The molecule has 0 aliphatic heterocycles. The molecule has 0 radical (unpaired) electrons. The molecule has 1 aromatic carbocycles. The SMILES string of the molecule is Cc1ccc(NC(=O)COC(=O)c2nc(Cl)c(Cl)c(N)c2Cl)cc1[N+](=O)[O-]. The quantitative estimate of drug-likeness (QED) is 0.318. The van der Waals surface area contributed by atoms with Gasteiger partial charge in [-0.05, 0) is 13.0 Å². The van der Waals surface area contributed by atoms with E-state index in [1.807, 2.05) is 0 Å². The second-order valence-corrected chi connectivity index (χ2v) is 6.29. The van der Waals surface area contributed by atoms with Gasteiger partial charge >= 0.3 is 5.97 Å². The number of nitrogen functional groups attached to an aromatic ring is 1. The van der Waals surface area contributed by atoms with Gasteiger partial charge in [0.2, 0.25) is 0 Å². The number of nitrogens with two attached hydrogens (primary N) is 1. The molecule has 0 unspecified atom stereocenters. The molecule has 0 saturated heterocycles. The zero-order valence-electron chi connectivity index (χ0n) is 13.6. The number of amides is 1. The van der Waals surface area contributed by atoms with E-state index < -0.39 is 29.1 Å². The highest BCUT2D eigenvalue weighted by Crippen LogP contribution is 2.34. The largest absolute Gasteiger partial charge is 0.451 e. The van der Waals surface area contributed by atoms with Crippen molar-refractivity contribution in [2.75, 3.05) is 17.7 Å². The lowest BCUT2D eigenvalue weighted by atomic mass is 10.2. The summed E-state index contributed by atoms with van der Waals surface area (Å²) in [5.74, 6) is -1.78. The van der Waals surface area contributed by atoms with Crippen molar-refractivity contribution in [3.8, 4) is 0 Å². The molecule has 0 spiro atoms. The van der Waals surface area contributed by atoms with Crippen LogP contribution >= 0.6 is 34.8 Å². The van der Waals surface area contributed by atoms with E-state index in [1.54, 1.807) is 6.92 Å². The Hall–Kier alpha value is -2.62. The first kappa shape index (κ1) is 20.7. The molecular formula is C15H11Cl3N4O5. The third kappa shape index (κ3) is 4.76. The van der Waals surface area contributed by atoms with Crippen LogP contribution in [0, 0.1) is 17.0 Å². The van der Waals surface area contributed by atoms with Crippen molar-refractivity contribution in [2.45, 2.75) is 6.92 Å². The number of hydrogen-bond donors (Lipinski definition) is 2. The molecule has 142 valence electrons. The predicted molar refractivity (Wildman–Crippen MR) is 100 cm³/mol. The van der Waals surface area contributed by atoms with Crippen LogP contribution in [0.5, 0.6) is 0 Å². The van der Waals surface area contributed by atoms with Crippen LogP contribution < -0.4 is 11.1 Å². The van der Waals surface area contributed by atoms with Gasteiger partial charge < -0.3 is 15.8 Å². The number of carbonyl (C=O) groups excluding carboxylic acids is 2. The van der Waals surface area contributed by atoms with Gasteiger partial charge in [0.15, 0.2) is 17.5 Å². The Morgan fingerprint density at radius 3 is 2.59 bits per heavy atom. The highest BCUT2D eigenvalue weighted by Gasteiger charge is 2.22. The van der Waals surface area contributed by atoms with Crippen molar-refractivity contribution in [1.82, 2.24) is 4.98 Å². The number of rotatable bonds is 5. The summed E-state index contributed by atoms with van der Waals surface area (Å²) in [6.07, 6.45) is 0. The third-order valence-corrected chi connectivity index (χ3v) is 4.42. The molecule has 0 aliphatic carbocycles. The summed E-state index contributed by atoms with van der Waals surface area (Å²) in [5, 5.41) is 12.7. The van der Waals surface area contributed by atoms with Gasteiger partial charge in [0.1, 0.15) is 5.02 Å². The van der Waals surface area contributed by atoms with Crippen molar-refractivity contribution >= 4 is 63.7 Å². The molecule has 1 aromatic heterocycles. The zero-order valence-corrected chi connectivity index (χ0v) is 15.9. The van der Waals surface area contributed by atoms with E-state index in [0.717, 1.165) is 0 Å². The van der Waals surface area contributed by atoms with Gasteiger partial charge in [-0.3, -0.25) is 14.9 Å². The van der Waals surface area contributed by atoms with E-state index in [0.29, 0.717) is 5.56 Å². The molecule has 0 bridgehead atoms. The zero-order chi connectivity index (χ0) is 20.3. The Bertz CT molecular complexity index is 952. The van der Waals surface area contributed by atoms with Gasteiger partial charge in [-0.25, -0.2) is 9.78 Å². The summed E-state index contributed by atoms with van der Waals surface area (Å²) in [5.41, 5.74) is 5.49. The lowest BCUT2D eigenvalue weighted by Gasteiger charge is -2.10. The second-order valence-electron chi connectivity index (χ2n) is 5.18. The molecule has 27 heavy (non-hydrogen) atoms. The molecule has 0 atom stereocenters. The number of aromatic nitrogens is 1. The summed E-state index contributed by atoms with van der Waals surface area (Å²) in [7, 11) is 0. The summed E-state index contributed by atoms with van der Waals surface area (Å²) in [6, 6.07) is 4.13. The first-order valence-corrected chi connectivity index (χ1v) is 8.27. The van der Waals surface area contributed by atoms with E-state index in [9.17, 15) is 19.7 Å². The van der Waals surface area contributed by atoms with Crippen molar-refractivity contribution in [2.24, 2.45) is 0 Å². The first-order chi connectivity index (χ1) is 12.6. The number of nitro benzene ring substituents is 1. The Kier molecular flexibility index (Phi) is 6.42. The number of pyridine rings is 1. The lowest BCUT2D eigenvalue weighted by molar-refractivity contribution is -0.385. The Balaban J connectivity index is 2.05. The minimum Gasteiger partial charge on any atom is -0.451 e. The maximum Gasteiger partial charge on any atom is 0.359 e. The Labute approximate surface area is 167 Å². The van der Waals surface area contributed by atoms with Crippen molar-refractivity contribution in [3.63, 3.8) is 0 Å². The van der Waals surface area contributed by atoms with Gasteiger partial charge in [-0.1, -0.05) is 40.9 Å². The summed E-state index contributed by atoms with van der Waals surface area (Å²) >= 11 is 17.4. The number of anilines is 2. The summed E-state index contributed by atoms with van der Waals surface area (Å²) in [4.78, 5) is 38.0. The number of halogens is 3. The minimum atomic E-state index is -1.05. The lowest BCUT2D eigenvalue weighted by Crippen LogP contribution is -2.21. The van der Waals surface area contributed by atoms with Crippen LogP contribution in [0.25, 0.3) is 0 Å². The highest BCUT2D eigenvalue weighted by atomic mass is 35.5. The fourth-order valence-electron chi connectivity index (χ4n) is 1.95. The van der Waals surface area contributed by atoms with Crippen molar-refractivity contribution in [3.05, 3.63) is 54.8 Å². The van der Waals surface area contributed by atoms with E-state index in [1.165, 1.54) is 18.2 Å². The summed E-state index contributed by atoms with van der Waals surface area (Å²) < 4.78 is 4.81. The van der Waals surface area contributed by atoms with Gasteiger partial charge in [-0.2, -0.15) is 0 Å². The molecule has 0 aliphatic rings. The average Bonchev–Trinajstić information content (AvgIpc) is 2.62. The fourth-order valence-corrected chi connectivity index (χ4v) is 2.53. The van der Waals surface area contributed by atoms with Crippen molar-refractivity contribution in [1.29, 1.82) is 0 Å². The number of benzene rings is 1. The van der Waals surface area contributed by atoms with Gasteiger partial charge in [0.25, 0.3) is 11.6 Å². The van der Waals surface area contributed by atoms with E-state index in [-0.39, 0.29) is 32.3 Å². The Morgan fingerprint density at radius 2 is 1.96 bits per heavy atom. The number of carbonyl (C=O) groups is 2. The van der Waals surface area contributed by atoms with Crippen LogP contribution in [0.1, 0.15) is 16.1 Å². The molecule has 12 heteroatoms. The number of nitrogens with zero attached hydrogens (tertiary/aromatic N) is 2. The number of aryl methyl sites for hydroxylation is 1. The maximum absolute atomic E-state index is 12.0. The number of ether oxygens (including phenoxy) is 1. The average molecular weight is 434 g/mol. The molecule has 2 aromatic rings. The maximum atomic E-state index is 12.0. The molecule has 0 saturated carbocycles. The molecule has 1 heterocycles. The molecule has 9 nitrogen and oxygen atoms in total. The van der Waals surface area contributed by atoms with E-state index in [4.69, 9.17) is 45.3 Å². The second kappa shape index (κ2) is 8.38. The van der Waals surface area contributed by atoms with E-state index in [2.05, 4.69) is 10.3 Å². The van der Waals surface area contributed by atoms with Crippen molar-refractivity contribution < 1.29 is 19.2 Å². The number of esters is 1. The van der Waals surface area contributed by atoms with Crippen LogP contribution in [-0.4, -0.2) is 28.4 Å². The molecule has 2 rings (SSSR count). The smallest absolute Gasteiger partial charge is 0.359 e. The molecular weight excluding hydrogens is 423 g/mol. The highest BCUT2D eigenvalue weighted by molar-refractivity contribution is 6.46. The topological polar surface area (TPSA) is 137 Å². The first-order valence-electron chi connectivity index (χ1n) is 7.13. The van der Waals surface area contributed by atoms with Crippen LogP contribution in [0.15, 0.2) is 18.2 Å². The monoisotopic (exact) mass is 432 g/mol. The summed E-state index contributed by atoms with van der Waals surface area (Å²) in [6.45, 7) is 0.865. The van der Waals surface area contributed by atoms with Crippen LogP contribution in [0.2, 0.25) is 15.2 Å². The van der Waals surface area contributed by atoms with Gasteiger partial charge in [-0.15, -0.1) is 0 Å². The van der Waals surface area contributed by atoms with E-state index >= 15 is 0 Å². The molecule has 3 N–H and O–H groups in total. The normalized spacial score (nSPS) is 10.4. The van der Waals surface area contributed by atoms with Gasteiger partial charge in [0, 0.05) is 17.3 Å². The third-order valence-electron chi connectivity index (χ3n) is 3.29. The molecule has 0 fully saturated rings. The van der Waals surface area contributed by atoms with Crippen LogP contribution in [-0.2, 0) is 9.53 Å². The number of nitro groups is 1. The molecule has 1 amide bonds. The standard InChI is InChI=1S/C15H11Cl3N4O5/c1-6-2-3-7(4-8(6)22(25)26)20-9(23)5-27-15(24)13-10(16)12(19)11(17)14(18)21-13/h2-4H,5H2,1H3,(H2,19,21)(H,20,23). The van der Waals surface area contributed by atoms with Crippen LogP contribution in [0.3, 0.4) is 0 Å². The fraction of sp³-hybridized carbons (Fsp3) is 0.133. The predicted octanol–water partition coefficient (Wildman–Crippen LogP) is 3.64. The Morgan fingerprint density at radius 1 is 1.30 bits per heavy atom. The number of hydrogen-bond acceptors (Lipinski definition) is 7.